The molecule has 0 bridgehead atoms. The second-order valence-corrected chi connectivity index (χ2v) is 3.43. The van der Waals surface area contributed by atoms with Crippen molar-refractivity contribution < 1.29 is 27.4 Å². The number of rotatable bonds is 4. The molecule has 0 saturated heterocycles. The quantitative estimate of drug-likeness (QED) is 0.513. The van der Waals surface area contributed by atoms with Gasteiger partial charge in [-0.2, -0.15) is 13.2 Å². The second kappa shape index (κ2) is 5.72. The highest BCUT2D eigenvalue weighted by Gasteiger charge is 2.31. The number of hydrogen-bond donors (Lipinski definition) is 1. The summed E-state index contributed by atoms with van der Waals surface area (Å²) >= 11 is 0. The van der Waals surface area contributed by atoms with Crippen molar-refractivity contribution in [3.63, 3.8) is 0 Å². The Hall–Kier alpha value is -1.76. The molecule has 0 saturated carbocycles. The SMILES string of the molecule is COCCOC(=O)c1cc(C(F)(F)F)ccc1N. The van der Waals surface area contributed by atoms with E-state index in [1.807, 2.05) is 0 Å². The molecule has 2 N–H and O–H groups in total. The van der Waals surface area contributed by atoms with Crippen LogP contribution in [-0.4, -0.2) is 26.3 Å². The van der Waals surface area contributed by atoms with Gasteiger partial charge in [0.1, 0.15) is 6.61 Å². The van der Waals surface area contributed by atoms with Gasteiger partial charge >= 0.3 is 12.1 Å². The minimum absolute atomic E-state index is 0.0506. The van der Waals surface area contributed by atoms with Crippen LogP contribution in [0.15, 0.2) is 18.2 Å². The average Bonchev–Trinajstić information content (AvgIpc) is 2.28. The van der Waals surface area contributed by atoms with Gasteiger partial charge in [0.05, 0.1) is 17.7 Å². The lowest BCUT2D eigenvalue weighted by atomic mass is 10.1. The maximum Gasteiger partial charge on any atom is 0.416 e. The van der Waals surface area contributed by atoms with Crippen molar-refractivity contribution in [2.45, 2.75) is 6.18 Å². The molecule has 18 heavy (non-hydrogen) atoms. The van der Waals surface area contributed by atoms with Crippen LogP contribution < -0.4 is 5.73 Å². The largest absolute Gasteiger partial charge is 0.460 e. The Balaban J connectivity index is 2.90. The zero-order chi connectivity index (χ0) is 13.8. The number of nitrogens with two attached hydrogens (primary N) is 1. The van der Waals surface area contributed by atoms with Gasteiger partial charge in [-0.1, -0.05) is 0 Å². The fourth-order valence-corrected chi connectivity index (χ4v) is 1.20. The zero-order valence-electron chi connectivity index (χ0n) is 9.58. The first-order valence-corrected chi connectivity index (χ1v) is 4.99. The summed E-state index contributed by atoms with van der Waals surface area (Å²) in [7, 11) is 1.41. The minimum atomic E-state index is -4.53. The summed E-state index contributed by atoms with van der Waals surface area (Å²) in [5.74, 6) is -0.907. The van der Waals surface area contributed by atoms with Crippen LogP contribution in [0, 0.1) is 0 Å². The molecule has 0 unspecified atom stereocenters. The number of nitrogen functional groups attached to an aromatic ring is 1. The molecule has 100 valence electrons. The molecule has 0 aliphatic rings. The highest BCUT2D eigenvalue weighted by atomic mass is 19.4. The van der Waals surface area contributed by atoms with Crippen LogP contribution >= 0.6 is 0 Å². The van der Waals surface area contributed by atoms with E-state index in [1.165, 1.54) is 7.11 Å². The van der Waals surface area contributed by atoms with Gasteiger partial charge in [-0.15, -0.1) is 0 Å². The summed E-state index contributed by atoms with van der Waals surface area (Å²) in [6, 6.07) is 2.50. The molecular formula is C11H12F3NO3. The van der Waals surface area contributed by atoms with Gasteiger partial charge in [0.25, 0.3) is 0 Å². The number of benzene rings is 1. The van der Waals surface area contributed by atoms with E-state index in [9.17, 15) is 18.0 Å². The summed E-state index contributed by atoms with van der Waals surface area (Å²) in [6.45, 7) is 0.107. The highest BCUT2D eigenvalue weighted by molar-refractivity contribution is 5.95. The third kappa shape index (κ3) is 3.63. The van der Waals surface area contributed by atoms with Crippen LogP contribution in [0.5, 0.6) is 0 Å². The van der Waals surface area contributed by atoms with E-state index in [0.29, 0.717) is 6.07 Å². The Labute approximate surface area is 101 Å². The normalized spacial score (nSPS) is 11.3. The third-order valence-corrected chi connectivity index (χ3v) is 2.12. The lowest BCUT2D eigenvalue weighted by Gasteiger charge is -2.10. The minimum Gasteiger partial charge on any atom is -0.460 e. The van der Waals surface area contributed by atoms with Crippen molar-refractivity contribution in [3.8, 4) is 0 Å². The first kappa shape index (κ1) is 14.3. The summed E-state index contributed by atoms with van der Waals surface area (Å²) in [4.78, 5) is 11.5. The van der Waals surface area contributed by atoms with Gasteiger partial charge in [-0.05, 0) is 18.2 Å². The van der Waals surface area contributed by atoms with Crippen LogP contribution in [0.4, 0.5) is 18.9 Å². The molecule has 0 amide bonds. The predicted molar refractivity (Wildman–Crippen MR) is 58.0 cm³/mol. The number of hydrogen-bond acceptors (Lipinski definition) is 4. The molecule has 0 fully saturated rings. The summed E-state index contributed by atoms with van der Waals surface area (Å²) < 4.78 is 46.7. The van der Waals surface area contributed by atoms with Gasteiger partial charge in [0.15, 0.2) is 0 Å². The molecule has 0 spiro atoms. The molecule has 0 heterocycles. The maximum absolute atomic E-state index is 12.5. The van der Waals surface area contributed by atoms with Gasteiger partial charge in [-0.25, -0.2) is 4.79 Å². The van der Waals surface area contributed by atoms with Gasteiger partial charge < -0.3 is 15.2 Å². The Morgan fingerprint density at radius 3 is 2.56 bits per heavy atom. The molecule has 1 aromatic carbocycles. The van der Waals surface area contributed by atoms with Crippen molar-refractivity contribution in [1.82, 2.24) is 0 Å². The number of carbonyl (C=O) groups excluding carboxylic acids is 1. The molecule has 0 radical (unpaired) electrons. The van der Waals surface area contributed by atoms with E-state index in [1.54, 1.807) is 0 Å². The Morgan fingerprint density at radius 1 is 1.33 bits per heavy atom. The predicted octanol–water partition coefficient (Wildman–Crippen LogP) is 2.09. The monoisotopic (exact) mass is 263 g/mol. The smallest absolute Gasteiger partial charge is 0.416 e. The first-order valence-electron chi connectivity index (χ1n) is 4.99. The van der Waals surface area contributed by atoms with E-state index >= 15 is 0 Å². The fourth-order valence-electron chi connectivity index (χ4n) is 1.20. The molecule has 0 aliphatic carbocycles. The number of anilines is 1. The Morgan fingerprint density at radius 2 is 2.00 bits per heavy atom. The van der Waals surface area contributed by atoms with Crippen molar-refractivity contribution in [1.29, 1.82) is 0 Å². The van der Waals surface area contributed by atoms with Gasteiger partial charge in [0.2, 0.25) is 0 Å². The van der Waals surface area contributed by atoms with Crippen LogP contribution in [0.2, 0.25) is 0 Å². The molecule has 0 aromatic heterocycles. The van der Waals surface area contributed by atoms with Crippen LogP contribution in [-0.2, 0) is 15.7 Å². The molecule has 0 atom stereocenters. The van der Waals surface area contributed by atoms with Crippen LogP contribution in [0.25, 0.3) is 0 Å². The summed E-state index contributed by atoms with van der Waals surface area (Å²) in [5.41, 5.74) is 4.12. The average molecular weight is 263 g/mol. The van der Waals surface area contributed by atoms with Crippen LogP contribution in [0.1, 0.15) is 15.9 Å². The molecule has 1 rings (SSSR count). The lowest BCUT2D eigenvalue weighted by Crippen LogP contribution is -2.14. The third-order valence-electron chi connectivity index (χ3n) is 2.12. The zero-order valence-corrected chi connectivity index (χ0v) is 9.58. The van der Waals surface area contributed by atoms with E-state index < -0.39 is 17.7 Å². The summed E-state index contributed by atoms with van der Waals surface area (Å²) in [6.07, 6.45) is -4.53. The number of methoxy groups -OCH3 is 1. The van der Waals surface area contributed by atoms with Crippen molar-refractivity contribution in [2.24, 2.45) is 0 Å². The van der Waals surface area contributed by atoms with E-state index in [4.69, 9.17) is 10.5 Å². The van der Waals surface area contributed by atoms with Gasteiger partial charge in [0, 0.05) is 12.8 Å². The highest BCUT2D eigenvalue weighted by Crippen LogP contribution is 2.31. The number of esters is 1. The van der Waals surface area contributed by atoms with E-state index in [-0.39, 0.29) is 24.5 Å². The number of alkyl halides is 3. The summed E-state index contributed by atoms with van der Waals surface area (Å²) in [5, 5.41) is 0. The standard InChI is InChI=1S/C11H12F3NO3/c1-17-4-5-18-10(16)8-6-7(11(12,13)14)2-3-9(8)15/h2-3,6H,4-5,15H2,1H3. The lowest BCUT2D eigenvalue weighted by molar-refractivity contribution is -0.137. The van der Waals surface area contributed by atoms with Crippen LogP contribution in [0.3, 0.4) is 0 Å². The maximum atomic E-state index is 12.5. The van der Waals surface area contributed by atoms with Crippen molar-refractivity contribution in [2.75, 3.05) is 26.1 Å². The molecule has 0 aliphatic heterocycles. The molecule has 4 nitrogen and oxygen atoms in total. The Kier molecular flexibility index (Phi) is 4.55. The second-order valence-electron chi connectivity index (χ2n) is 3.43. The molecule has 7 heteroatoms. The van der Waals surface area contributed by atoms with Gasteiger partial charge in [-0.3, -0.25) is 0 Å². The van der Waals surface area contributed by atoms with E-state index in [2.05, 4.69) is 4.74 Å². The van der Waals surface area contributed by atoms with Crippen molar-refractivity contribution in [3.05, 3.63) is 29.3 Å². The fraction of sp³-hybridized carbons (Fsp3) is 0.364. The Bertz CT molecular complexity index is 432. The topological polar surface area (TPSA) is 61.5 Å². The number of carbonyl (C=O) groups is 1. The number of halogens is 3. The molecule has 1 aromatic rings. The van der Waals surface area contributed by atoms with Crippen molar-refractivity contribution >= 4 is 11.7 Å². The number of ether oxygens (including phenoxy) is 2. The molecular weight excluding hydrogens is 251 g/mol. The first-order chi connectivity index (χ1) is 8.36. The van der Waals surface area contributed by atoms with E-state index in [0.717, 1.165) is 12.1 Å².